The van der Waals surface area contributed by atoms with E-state index < -0.39 is 0 Å². The number of para-hydroxylation sites is 1. The Balaban J connectivity index is 1.79. The average molecular weight is 452 g/mol. The van der Waals surface area contributed by atoms with Crippen LogP contribution in [0.15, 0.2) is 71.3 Å². The number of nitrogens with zero attached hydrogens (tertiary/aromatic N) is 3. The smallest absolute Gasteiger partial charge is 0.260 e. The van der Waals surface area contributed by atoms with Gasteiger partial charge in [-0.25, -0.2) is 4.98 Å². The summed E-state index contributed by atoms with van der Waals surface area (Å²) in [6.07, 6.45) is 2.64. The Morgan fingerprint density at radius 3 is 2.71 bits per heavy atom. The van der Waals surface area contributed by atoms with E-state index in [9.17, 15) is 4.79 Å². The summed E-state index contributed by atoms with van der Waals surface area (Å²) in [5.41, 5.74) is 3.59. The van der Waals surface area contributed by atoms with Gasteiger partial charge in [0.05, 0.1) is 22.5 Å². The first-order valence-corrected chi connectivity index (χ1v) is 10.6. The number of thiazole rings is 1. The Morgan fingerprint density at radius 1 is 1.11 bits per heavy atom. The standard InChI is InChI=1S/C22H18BrN3OS/c1-2-15-7-6-11-19-20(15)25-22(28-19)26(14-18-10-3-4-12-24-18)21(27)16-8-5-9-17(23)13-16/h3-13H,2,14H2,1H3. The first-order chi connectivity index (χ1) is 13.7. The minimum absolute atomic E-state index is 0.0935. The second kappa shape index (κ2) is 8.20. The zero-order valence-corrected chi connectivity index (χ0v) is 17.7. The predicted molar refractivity (Wildman–Crippen MR) is 118 cm³/mol. The highest BCUT2D eigenvalue weighted by Gasteiger charge is 2.23. The minimum Gasteiger partial charge on any atom is -0.278 e. The van der Waals surface area contributed by atoms with Gasteiger partial charge in [0, 0.05) is 16.2 Å². The number of benzene rings is 2. The molecule has 4 aromatic rings. The Morgan fingerprint density at radius 2 is 1.96 bits per heavy atom. The molecule has 0 aliphatic heterocycles. The summed E-state index contributed by atoms with van der Waals surface area (Å²) in [6, 6.07) is 19.3. The topological polar surface area (TPSA) is 46.1 Å². The highest BCUT2D eigenvalue weighted by molar-refractivity contribution is 9.10. The Hall–Kier alpha value is -2.57. The van der Waals surface area contributed by atoms with Crippen LogP contribution in [0.2, 0.25) is 0 Å². The van der Waals surface area contributed by atoms with E-state index in [0.29, 0.717) is 17.2 Å². The van der Waals surface area contributed by atoms with Crippen LogP contribution in [0.5, 0.6) is 0 Å². The lowest BCUT2D eigenvalue weighted by atomic mass is 10.1. The molecule has 4 rings (SSSR count). The van der Waals surface area contributed by atoms with E-state index in [1.165, 1.54) is 16.9 Å². The van der Waals surface area contributed by atoms with Crippen molar-refractivity contribution < 1.29 is 4.79 Å². The summed E-state index contributed by atoms with van der Waals surface area (Å²) >= 11 is 4.99. The molecule has 28 heavy (non-hydrogen) atoms. The predicted octanol–water partition coefficient (Wildman–Crippen LogP) is 5.86. The zero-order valence-electron chi connectivity index (χ0n) is 15.3. The third-order valence-electron chi connectivity index (χ3n) is 4.47. The van der Waals surface area contributed by atoms with E-state index in [1.807, 2.05) is 48.5 Å². The Bertz CT molecular complexity index is 1130. The molecule has 0 spiro atoms. The number of amides is 1. The second-order valence-corrected chi connectivity index (χ2v) is 8.26. The molecule has 0 bridgehead atoms. The number of anilines is 1. The molecule has 0 saturated carbocycles. The number of aryl methyl sites for hydroxylation is 1. The van der Waals surface area contributed by atoms with Gasteiger partial charge in [-0.15, -0.1) is 0 Å². The van der Waals surface area contributed by atoms with E-state index >= 15 is 0 Å². The number of aromatic nitrogens is 2. The fraction of sp³-hybridized carbons (Fsp3) is 0.136. The first kappa shape index (κ1) is 18.8. The molecule has 0 aliphatic rings. The normalized spacial score (nSPS) is 10.9. The lowest BCUT2D eigenvalue weighted by molar-refractivity contribution is 0.0984. The molecule has 1 amide bonds. The molecule has 0 radical (unpaired) electrons. The molecular weight excluding hydrogens is 434 g/mol. The van der Waals surface area contributed by atoms with E-state index in [0.717, 1.165) is 26.8 Å². The van der Waals surface area contributed by atoms with Crippen molar-refractivity contribution in [1.82, 2.24) is 9.97 Å². The minimum atomic E-state index is -0.0935. The Labute approximate surface area is 176 Å². The quantitative estimate of drug-likeness (QED) is 0.381. The van der Waals surface area contributed by atoms with Crippen molar-refractivity contribution in [2.24, 2.45) is 0 Å². The van der Waals surface area contributed by atoms with Gasteiger partial charge in [-0.3, -0.25) is 14.7 Å². The molecule has 2 aromatic heterocycles. The fourth-order valence-electron chi connectivity index (χ4n) is 3.05. The SMILES string of the molecule is CCc1cccc2sc(N(Cc3ccccn3)C(=O)c3cccc(Br)c3)nc12. The lowest BCUT2D eigenvalue weighted by Gasteiger charge is -2.19. The largest absolute Gasteiger partial charge is 0.278 e. The molecule has 0 unspecified atom stereocenters. The van der Waals surface area contributed by atoms with Gasteiger partial charge < -0.3 is 0 Å². The number of hydrogen-bond donors (Lipinski definition) is 0. The molecule has 0 atom stereocenters. The van der Waals surface area contributed by atoms with Crippen molar-refractivity contribution in [2.45, 2.75) is 19.9 Å². The summed E-state index contributed by atoms with van der Waals surface area (Å²) in [4.78, 5) is 24.3. The summed E-state index contributed by atoms with van der Waals surface area (Å²) in [5, 5.41) is 0.687. The number of hydrogen-bond acceptors (Lipinski definition) is 4. The van der Waals surface area contributed by atoms with E-state index in [-0.39, 0.29) is 5.91 Å². The molecule has 2 heterocycles. The van der Waals surface area contributed by atoms with Gasteiger partial charge in [0.1, 0.15) is 0 Å². The maximum atomic E-state index is 13.4. The van der Waals surface area contributed by atoms with Gasteiger partial charge in [0.25, 0.3) is 5.91 Å². The van der Waals surface area contributed by atoms with Gasteiger partial charge >= 0.3 is 0 Å². The van der Waals surface area contributed by atoms with Crippen LogP contribution in [-0.4, -0.2) is 15.9 Å². The van der Waals surface area contributed by atoms with Crippen molar-refractivity contribution in [3.05, 3.63) is 88.2 Å². The molecule has 140 valence electrons. The zero-order chi connectivity index (χ0) is 19.5. The van der Waals surface area contributed by atoms with E-state index in [4.69, 9.17) is 4.98 Å². The third kappa shape index (κ3) is 3.84. The number of rotatable bonds is 5. The average Bonchev–Trinajstić information content (AvgIpc) is 3.16. The molecule has 4 nitrogen and oxygen atoms in total. The lowest BCUT2D eigenvalue weighted by Crippen LogP contribution is -2.30. The molecule has 0 aliphatic carbocycles. The van der Waals surface area contributed by atoms with Crippen molar-refractivity contribution in [2.75, 3.05) is 4.90 Å². The van der Waals surface area contributed by atoms with Crippen molar-refractivity contribution in [3.63, 3.8) is 0 Å². The van der Waals surface area contributed by atoms with Crippen LogP contribution in [0, 0.1) is 0 Å². The van der Waals surface area contributed by atoms with E-state index in [1.54, 1.807) is 11.1 Å². The molecule has 0 N–H and O–H groups in total. The van der Waals surface area contributed by atoms with Crippen LogP contribution < -0.4 is 4.90 Å². The van der Waals surface area contributed by atoms with Gasteiger partial charge in [-0.05, 0) is 48.4 Å². The van der Waals surface area contributed by atoms with Crippen molar-refractivity contribution in [1.29, 1.82) is 0 Å². The number of fused-ring (bicyclic) bond motifs is 1. The van der Waals surface area contributed by atoms with Gasteiger partial charge in [0.2, 0.25) is 0 Å². The van der Waals surface area contributed by atoms with Crippen molar-refractivity contribution >= 4 is 48.5 Å². The molecule has 2 aromatic carbocycles. The van der Waals surface area contributed by atoms with Gasteiger partial charge in [0.15, 0.2) is 5.13 Å². The van der Waals surface area contributed by atoms with Gasteiger partial charge in [-0.1, -0.05) is 58.5 Å². The highest BCUT2D eigenvalue weighted by atomic mass is 79.9. The monoisotopic (exact) mass is 451 g/mol. The first-order valence-electron chi connectivity index (χ1n) is 9.01. The number of halogens is 1. The van der Waals surface area contributed by atoms with Crippen LogP contribution in [0.3, 0.4) is 0 Å². The second-order valence-electron chi connectivity index (χ2n) is 6.34. The van der Waals surface area contributed by atoms with Crippen LogP contribution in [0.4, 0.5) is 5.13 Å². The highest BCUT2D eigenvalue weighted by Crippen LogP contribution is 2.32. The molecule has 6 heteroatoms. The summed E-state index contributed by atoms with van der Waals surface area (Å²) in [7, 11) is 0. The van der Waals surface area contributed by atoms with Gasteiger partial charge in [-0.2, -0.15) is 0 Å². The summed E-state index contributed by atoms with van der Waals surface area (Å²) in [5.74, 6) is -0.0935. The Kier molecular flexibility index (Phi) is 5.50. The number of pyridine rings is 1. The maximum Gasteiger partial charge on any atom is 0.260 e. The van der Waals surface area contributed by atoms with Crippen molar-refractivity contribution in [3.8, 4) is 0 Å². The third-order valence-corrected chi connectivity index (χ3v) is 6.00. The summed E-state index contributed by atoms with van der Waals surface area (Å²) in [6.45, 7) is 2.49. The van der Waals surface area contributed by atoms with Crippen LogP contribution in [0.25, 0.3) is 10.2 Å². The number of carbonyl (C=O) groups is 1. The van der Waals surface area contributed by atoms with Crippen LogP contribution in [-0.2, 0) is 13.0 Å². The van der Waals surface area contributed by atoms with E-state index in [2.05, 4.69) is 40.0 Å². The fourth-order valence-corrected chi connectivity index (χ4v) is 4.46. The van der Waals surface area contributed by atoms with Crippen LogP contribution in [0.1, 0.15) is 28.5 Å². The molecular formula is C22H18BrN3OS. The molecule has 0 fully saturated rings. The number of carbonyl (C=O) groups excluding carboxylic acids is 1. The molecule has 0 saturated heterocycles. The summed E-state index contributed by atoms with van der Waals surface area (Å²) < 4.78 is 1.95. The maximum absolute atomic E-state index is 13.4. The van der Waals surface area contributed by atoms with Crippen LogP contribution >= 0.6 is 27.3 Å².